The maximum atomic E-state index is 5.68. The Morgan fingerprint density at radius 1 is 1.70 bits per heavy atom. The Morgan fingerprint density at radius 2 is 2.50 bits per heavy atom. The fourth-order valence-corrected chi connectivity index (χ4v) is 1.32. The summed E-state index contributed by atoms with van der Waals surface area (Å²) < 4.78 is 2.17. The van der Waals surface area contributed by atoms with Gasteiger partial charge in [0.25, 0.3) is 0 Å². The van der Waals surface area contributed by atoms with Crippen LogP contribution in [-0.2, 0) is 5.88 Å². The molecule has 54 valence electrons. The molecule has 0 amide bonds. The lowest BCUT2D eigenvalue weighted by atomic mass is 10.5. The number of imidazole rings is 1. The van der Waals surface area contributed by atoms with Gasteiger partial charge >= 0.3 is 0 Å². The van der Waals surface area contributed by atoms with Crippen LogP contribution in [0.25, 0.3) is 0 Å². The first-order valence-electron chi connectivity index (χ1n) is 3.48. The average Bonchev–Trinajstić information content (AvgIpc) is 2.69. The van der Waals surface area contributed by atoms with Crippen LogP contribution < -0.4 is 0 Å². The third-order valence-electron chi connectivity index (χ3n) is 1.82. The van der Waals surface area contributed by atoms with Gasteiger partial charge in [-0.05, 0) is 12.8 Å². The van der Waals surface area contributed by atoms with Gasteiger partial charge in [-0.2, -0.15) is 0 Å². The summed E-state index contributed by atoms with van der Waals surface area (Å²) in [5, 5.41) is 0. The third-order valence-corrected chi connectivity index (χ3v) is 2.10. The molecule has 0 spiro atoms. The van der Waals surface area contributed by atoms with Gasteiger partial charge < -0.3 is 4.57 Å². The molecule has 2 nitrogen and oxygen atoms in total. The quantitative estimate of drug-likeness (QED) is 0.599. The molecule has 0 aliphatic heterocycles. The first-order valence-corrected chi connectivity index (χ1v) is 4.02. The van der Waals surface area contributed by atoms with Crippen LogP contribution in [-0.4, -0.2) is 9.55 Å². The monoisotopic (exact) mass is 156 g/mol. The zero-order valence-electron chi connectivity index (χ0n) is 5.63. The van der Waals surface area contributed by atoms with Crippen LogP contribution in [0.5, 0.6) is 0 Å². The molecule has 1 heterocycles. The Hall–Kier alpha value is -0.500. The van der Waals surface area contributed by atoms with Gasteiger partial charge in [-0.1, -0.05) is 0 Å². The zero-order valence-corrected chi connectivity index (χ0v) is 6.38. The smallest absolute Gasteiger partial charge is 0.0951 e. The molecule has 1 saturated carbocycles. The minimum absolute atomic E-state index is 0.580. The summed E-state index contributed by atoms with van der Waals surface area (Å²) in [7, 11) is 0. The number of aromatic nitrogens is 2. The SMILES string of the molecule is ClCc1cncn1C1CC1. The minimum atomic E-state index is 0.580. The van der Waals surface area contributed by atoms with E-state index in [4.69, 9.17) is 11.6 Å². The Bertz CT molecular complexity index is 227. The number of nitrogens with zero attached hydrogens (tertiary/aromatic N) is 2. The molecule has 2 rings (SSSR count). The van der Waals surface area contributed by atoms with Crippen molar-refractivity contribution in [1.29, 1.82) is 0 Å². The molecular weight excluding hydrogens is 148 g/mol. The van der Waals surface area contributed by atoms with Gasteiger partial charge in [0.15, 0.2) is 0 Å². The highest BCUT2D eigenvalue weighted by molar-refractivity contribution is 6.16. The van der Waals surface area contributed by atoms with Crippen LogP contribution in [0, 0.1) is 0 Å². The zero-order chi connectivity index (χ0) is 6.97. The Labute approximate surface area is 64.8 Å². The molecule has 0 N–H and O–H groups in total. The van der Waals surface area contributed by atoms with E-state index >= 15 is 0 Å². The maximum absolute atomic E-state index is 5.68. The van der Waals surface area contributed by atoms with Crippen molar-refractivity contribution in [3.63, 3.8) is 0 Å². The second-order valence-electron chi connectivity index (χ2n) is 2.66. The predicted octanol–water partition coefficient (Wildman–Crippen LogP) is 1.96. The number of halogens is 1. The van der Waals surface area contributed by atoms with Gasteiger partial charge in [-0.3, -0.25) is 0 Å². The lowest BCUT2D eigenvalue weighted by Gasteiger charge is -2.00. The second kappa shape index (κ2) is 2.27. The van der Waals surface area contributed by atoms with Crippen molar-refractivity contribution >= 4 is 11.6 Å². The molecule has 0 unspecified atom stereocenters. The number of hydrogen-bond donors (Lipinski definition) is 0. The molecule has 0 bridgehead atoms. The van der Waals surface area contributed by atoms with E-state index in [2.05, 4.69) is 9.55 Å². The largest absolute Gasteiger partial charge is 0.330 e. The van der Waals surface area contributed by atoms with Crippen LogP contribution in [0.1, 0.15) is 24.6 Å². The van der Waals surface area contributed by atoms with Gasteiger partial charge in [-0.25, -0.2) is 4.98 Å². The predicted molar refractivity (Wildman–Crippen MR) is 40.1 cm³/mol. The maximum Gasteiger partial charge on any atom is 0.0951 e. The van der Waals surface area contributed by atoms with Gasteiger partial charge in [0.2, 0.25) is 0 Å². The highest BCUT2D eigenvalue weighted by atomic mass is 35.5. The summed E-state index contributed by atoms with van der Waals surface area (Å²) in [6.07, 6.45) is 6.29. The molecule has 1 aromatic heterocycles. The Balaban J connectivity index is 2.28. The van der Waals surface area contributed by atoms with E-state index in [1.807, 2.05) is 12.5 Å². The number of alkyl halides is 1. The van der Waals surface area contributed by atoms with E-state index in [9.17, 15) is 0 Å². The molecule has 0 radical (unpaired) electrons. The van der Waals surface area contributed by atoms with Crippen molar-refractivity contribution in [3.05, 3.63) is 18.2 Å². The van der Waals surface area contributed by atoms with Crippen LogP contribution in [0.2, 0.25) is 0 Å². The highest BCUT2D eigenvalue weighted by Gasteiger charge is 2.24. The van der Waals surface area contributed by atoms with Crippen LogP contribution in [0.3, 0.4) is 0 Å². The van der Waals surface area contributed by atoms with Crippen molar-refractivity contribution in [2.75, 3.05) is 0 Å². The summed E-state index contributed by atoms with van der Waals surface area (Å²) in [5.41, 5.74) is 1.14. The minimum Gasteiger partial charge on any atom is -0.330 e. The average molecular weight is 157 g/mol. The second-order valence-corrected chi connectivity index (χ2v) is 2.92. The van der Waals surface area contributed by atoms with Crippen LogP contribution in [0.15, 0.2) is 12.5 Å². The van der Waals surface area contributed by atoms with E-state index in [-0.39, 0.29) is 0 Å². The Morgan fingerprint density at radius 3 is 3.10 bits per heavy atom. The molecular formula is C7H9ClN2. The van der Waals surface area contributed by atoms with E-state index in [0.717, 1.165) is 5.69 Å². The molecule has 10 heavy (non-hydrogen) atoms. The fraction of sp³-hybridized carbons (Fsp3) is 0.571. The van der Waals surface area contributed by atoms with E-state index in [0.29, 0.717) is 11.9 Å². The molecule has 1 aliphatic rings. The van der Waals surface area contributed by atoms with Crippen LogP contribution >= 0.6 is 11.6 Å². The molecule has 1 fully saturated rings. The first kappa shape index (κ1) is 6.23. The van der Waals surface area contributed by atoms with Crippen molar-refractivity contribution in [3.8, 4) is 0 Å². The van der Waals surface area contributed by atoms with Crippen molar-refractivity contribution in [2.24, 2.45) is 0 Å². The van der Waals surface area contributed by atoms with Crippen molar-refractivity contribution in [2.45, 2.75) is 24.8 Å². The first-order chi connectivity index (χ1) is 4.92. The van der Waals surface area contributed by atoms with E-state index in [1.165, 1.54) is 12.8 Å². The number of hydrogen-bond acceptors (Lipinski definition) is 1. The molecule has 0 aromatic carbocycles. The van der Waals surface area contributed by atoms with Gasteiger partial charge in [-0.15, -0.1) is 11.6 Å². The third kappa shape index (κ3) is 0.926. The summed E-state index contributed by atoms with van der Waals surface area (Å²) in [6, 6.07) is 0.705. The number of rotatable bonds is 2. The summed E-state index contributed by atoms with van der Waals surface area (Å²) in [4.78, 5) is 4.03. The van der Waals surface area contributed by atoms with Gasteiger partial charge in [0.05, 0.1) is 17.9 Å². The molecule has 1 aromatic rings. The molecule has 0 saturated heterocycles. The normalized spacial score (nSPS) is 17.7. The van der Waals surface area contributed by atoms with E-state index < -0.39 is 0 Å². The molecule has 3 heteroatoms. The van der Waals surface area contributed by atoms with Crippen molar-refractivity contribution in [1.82, 2.24) is 9.55 Å². The lowest BCUT2D eigenvalue weighted by Crippen LogP contribution is -1.95. The fourth-order valence-electron chi connectivity index (χ4n) is 1.12. The highest BCUT2D eigenvalue weighted by Crippen LogP contribution is 2.35. The van der Waals surface area contributed by atoms with Gasteiger partial charge in [0.1, 0.15) is 0 Å². The molecule has 0 atom stereocenters. The summed E-state index contributed by atoms with van der Waals surface area (Å²) in [5.74, 6) is 0.580. The van der Waals surface area contributed by atoms with Crippen molar-refractivity contribution < 1.29 is 0 Å². The van der Waals surface area contributed by atoms with Crippen LogP contribution in [0.4, 0.5) is 0 Å². The summed E-state index contributed by atoms with van der Waals surface area (Å²) >= 11 is 5.68. The van der Waals surface area contributed by atoms with E-state index in [1.54, 1.807) is 0 Å². The lowest BCUT2D eigenvalue weighted by molar-refractivity contribution is 0.713. The topological polar surface area (TPSA) is 17.8 Å². The summed E-state index contributed by atoms with van der Waals surface area (Å²) in [6.45, 7) is 0. The Kier molecular flexibility index (Phi) is 1.42. The standard InChI is InChI=1S/C7H9ClN2/c8-3-7-4-9-5-10(7)6-1-2-6/h4-6H,1-3H2. The molecule has 1 aliphatic carbocycles. The van der Waals surface area contributed by atoms with Gasteiger partial charge in [0, 0.05) is 12.2 Å².